The second-order valence-electron chi connectivity index (χ2n) is 5.05. The van der Waals surface area contributed by atoms with Crippen LogP contribution in [0.2, 0.25) is 0 Å². The third kappa shape index (κ3) is 5.12. The number of rotatable bonds is 8. The van der Waals surface area contributed by atoms with Crippen molar-refractivity contribution in [3.63, 3.8) is 0 Å². The maximum atomic E-state index is 9.01. The molecule has 2 aromatic carbocycles. The minimum atomic E-state index is 0.0831. The molecule has 2 rings (SSSR count). The summed E-state index contributed by atoms with van der Waals surface area (Å²) in [4.78, 5) is 0. The largest absolute Gasteiger partial charge is 0.494 e. The monoisotopic (exact) mass is 285 g/mol. The minimum absolute atomic E-state index is 0.0831. The zero-order valence-electron chi connectivity index (χ0n) is 12.5. The summed E-state index contributed by atoms with van der Waals surface area (Å²) in [5, 5.41) is 12.4. The quantitative estimate of drug-likeness (QED) is 0.721. The molecule has 0 amide bonds. The third-order valence-corrected chi connectivity index (χ3v) is 3.32. The summed E-state index contributed by atoms with van der Waals surface area (Å²) < 4.78 is 5.65. The van der Waals surface area contributed by atoms with Gasteiger partial charge >= 0.3 is 0 Å². The van der Waals surface area contributed by atoms with E-state index in [9.17, 15) is 0 Å². The van der Waals surface area contributed by atoms with Crippen LogP contribution in [0.25, 0.3) is 0 Å². The molecule has 3 heteroatoms. The van der Waals surface area contributed by atoms with Gasteiger partial charge in [-0.15, -0.1) is 0 Å². The van der Waals surface area contributed by atoms with E-state index in [1.807, 2.05) is 36.4 Å². The van der Waals surface area contributed by atoms with Crippen molar-refractivity contribution in [1.82, 2.24) is 0 Å². The number of unbranched alkanes of at least 4 members (excludes halogenated alkanes) is 1. The van der Waals surface area contributed by atoms with Crippen LogP contribution in [0.5, 0.6) is 5.75 Å². The lowest BCUT2D eigenvalue weighted by atomic mass is 10.2. The van der Waals surface area contributed by atoms with E-state index >= 15 is 0 Å². The van der Waals surface area contributed by atoms with Gasteiger partial charge in [-0.1, -0.05) is 37.6 Å². The summed E-state index contributed by atoms with van der Waals surface area (Å²) in [6.07, 6.45) is 2.24. The Kier molecular flexibility index (Phi) is 6.10. The molecule has 0 atom stereocenters. The maximum Gasteiger partial charge on any atom is 0.119 e. The van der Waals surface area contributed by atoms with E-state index < -0.39 is 0 Å². The van der Waals surface area contributed by atoms with E-state index in [0.29, 0.717) is 0 Å². The molecule has 2 N–H and O–H groups in total. The fourth-order valence-corrected chi connectivity index (χ4v) is 1.97. The molecule has 0 aliphatic rings. The number of anilines is 1. The van der Waals surface area contributed by atoms with E-state index in [1.165, 1.54) is 5.56 Å². The molecule has 0 heterocycles. The molecule has 21 heavy (non-hydrogen) atoms. The number of aliphatic hydroxyl groups is 1. The van der Waals surface area contributed by atoms with Crippen LogP contribution >= 0.6 is 0 Å². The van der Waals surface area contributed by atoms with Gasteiger partial charge < -0.3 is 15.2 Å². The van der Waals surface area contributed by atoms with Crippen LogP contribution in [0.15, 0.2) is 48.5 Å². The molecule has 3 nitrogen and oxygen atoms in total. The first kappa shape index (κ1) is 15.4. The van der Waals surface area contributed by atoms with E-state index in [2.05, 4.69) is 24.4 Å². The molecule has 0 aliphatic carbocycles. The van der Waals surface area contributed by atoms with Crippen molar-refractivity contribution in [2.75, 3.05) is 11.9 Å². The van der Waals surface area contributed by atoms with Crippen molar-refractivity contribution >= 4 is 5.69 Å². The number of nitrogens with one attached hydrogen (secondary N) is 1. The average molecular weight is 285 g/mol. The number of aliphatic hydroxyl groups excluding tert-OH is 1. The smallest absolute Gasteiger partial charge is 0.119 e. The summed E-state index contributed by atoms with van der Waals surface area (Å²) in [6, 6.07) is 16.0. The molecule has 0 aliphatic heterocycles. The number of hydrogen-bond donors (Lipinski definition) is 2. The van der Waals surface area contributed by atoms with Crippen LogP contribution in [0.4, 0.5) is 5.69 Å². The Labute approximate surface area is 126 Å². The second-order valence-corrected chi connectivity index (χ2v) is 5.05. The van der Waals surface area contributed by atoms with Gasteiger partial charge in [-0.25, -0.2) is 0 Å². The Bertz CT molecular complexity index is 520. The first-order chi connectivity index (χ1) is 10.3. The predicted molar refractivity (Wildman–Crippen MR) is 86.5 cm³/mol. The van der Waals surface area contributed by atoms with Crippen molar-refractivity contribution in [2.24, 2.45) is 0 Å². The molecule has 0 saturated heterocycles. The fourth-order valence-electron chi connectivity index (χ4n) is 1.97. The van der Waals surface area contributed by atoms with Gasteiger partial charge in [-0.2, -0.15) is 0 Å². The first-order valence-electron chi connectivity index (χ1n) is 7.47. The average Bonchev–Trinajstić information content (AvgIpc) is 2.55. The highest BCUT2D eigenvalue weighted by Crippen LogP contribution is 2.15. The maximum absolute atomic E-state index is 9.01. The van der Waals surface area contributed by atoms with Crippen LogP contribution in [0.3, 0.4) is 0 Å². The normalized spacial score (nSPS) is 10.4. The van der Waals surface area contributed by atoms with E-state index in [0.717, 1.165) is 43.0 Å². The highest BCUT2D eigenvalue weighted by Gasteiger charge is 1.97. The molecule has 0 spiro atoms. The highest BCUT2D eigenvalue weighted by molar-refractivity contribution is 5.45. The Morgan fingerprint density at radius 3 is 2.24 bits per heavy atom. The lowest BCUT2D eigenvalue weighted by molar-refractivity contribution is 0.282. The summed E-state index contributed by atoms with van der Waals surface area (Å²) >= 11 is 0. The van der Waals surface area contributed by atoms with Crippen molar-refractivity contribution in [3.8, 4) is 5.75 Å². The first-order valence-corrected chi connectivity index (χ1v) is 7.47. The molecule has 0 radical (unpaired) electrons. The van der Waals surface area contributed by atoms with Gasteiger partial charge in [0.15, 0.2) is 0 Å². The zero-order chi connectivity index (χ0) is 14.9. The lowest BCUT2D eigenvalue weighted by Gasteiger charge is -2.09. The molecular weight excluding hydrogens is 262 g/mol. The molecule has 0 bridgehead atoms. The summed E-state index contributed by atoms with van der Waals surface area (Å²) in [5.41, 5.74) is 3.19. The van der Waals surface area contributed by atoms with Gasteiger partial charge in [0.25, 0.3) is 0 Å². The van der Waals surface area contributed by atoms with Gasteiger partial charge in [0.05, 0.1) is 13.2 Å². The molecule has 2 aromatic rings. The zero-order valence-corrected chi connectivity index (χ0v) is 12.5. The van der Waals surface area contributed by atoms with Gasteiger partial charge in [-0.3, -0.25) is 0 Å². The highest BCUT2D eigenvalue weighted by atomic mass is 16.5. The summed E-state index contributed by atoms with van der Waals surface area (Å²) in [6.45, 7) is 3.80. The molecule has 0 fully saturated rings. The Morgan fingerprint density at radius 1 is 0.952 bits per heavy atom. The van der Waals surface area contributed by atoms with Crippen LogP contribution in [0.1, 0.15) is 30.9 Å². The summed E-state index contributed by atoms with van der Waals surface area (Å²) in [7, 11) is 0. The second kappa shape index (κ2) is 8.32. The van der Waals surface area contributed by atoms with Crippen LogP contribution in [0, 0.1) is 0 Å². The van der Waals surface area contributed by atoms with Crippen molar-refractivity contribution in [3.05, 3.63) is 59.7 Å². The van der Waals surface area contributed by atoms with Gasteiger partial charge in [0, 0.05) is 12.2 Å². The minimum Gasteiger partial charge on any atom is -0.494 e. The Hall–Kier alpha value is -2.00. The van der Waals surface area contributed by atoms with E-state index in [1.54, 1.807) is 0 Å². The number of ether oxygens (including phenoxy) is 1. The topological polar surface area (TPSA) is 41.5 Å². The Morgan fingerprint density at radius 2 is 1.62 bits per heavy atom. The van der Waals surface area contributed by atoms with Gasteiger partial charge in [-0.05, 0) is 41.8 Å². The molecule has 0 unspecified atom stereocenters. The van der Waals surface area contributed by atoms with Crippen molar-refractivity contribution < 1.29 is 9.84 Å². The Balaban J connectivity index is 1.82. The summed E-state index contributed by atoms with van der Waals surface area (Å²) in [5.74, 6) is 0.930. The standard InChI is InChI=1S/C18H23NO2/c1-2-3-12-21-18-10-6-15(7-11-18)13-19-17-8-4-16(14-20)5-9-17/h4-11,19-20H,2-3,12-14H2,1H3. The van der Waals surface area contributed by atoms with Crippen molar-refractivity contribution in [2.45, 2.75) is 32.9 Å². The van der Waals surface area contributed by atoms with Crippen molar-refractivity contribution in [1.29, 1.82) is 0 Å². The number of benzene rings is 2. The SMILES string of the molecule is CCCCOc1ccc(CNc2ccc(CO)cc2)cc1. The van der Waals surface area contributed by atoms with Crippen LogP contribution in [-0.2, 0) is 13.2 Å². The molecule has 0 saturated carbocycles. The number of hydrogen-bond acceptors (Lipinski definition) is 3. The van der Waals surface area contributed by atoms with Gasteiger partial charge in [0.2, 0.25) is 0 Å². The molecule has 0 aromatic heterocycles. The fraction of sp³-hybridized carbons (Fsp3) is 0.333. The van der Waals surface area contributed by atoms with Gasteiger partial charge in [0.1, 0.15) is 5.75 Å². The molecule has 112 valence electrons. The predicted octanol–water partition coefficient (Wildman–Crippen LogP) is 3.97. The third-order valence-electron chi connectivity index (χ3n) is 3.32. The van der Waals surface area contributed by atoms with Crippen LogP contribution < -0.4 is 10.1 Å². The van der Waals surface area contributed by atoms with E-state index in [-0.39, 0.29) is 6.61 Å². The lowest BCUT2D eigenvalue weighted by Crippen LogP contribution is -2.00. The van der Waals surface area contributed by atoms with E-state index in [4.69, 9.17) is 9.84 Å². The van der Waals surface area contributed by atoms with Crippen LogP contribution in [-0.4, -0.2) is 11.7 Å². The molecular formula is C18H23NO2.